The fraction of sp³-hybridized carbons (Fsp3) is 0.300. The summed E-state index contributed by atoms with van der Waals surface area (Å²) < 4.78 is 11.4. The molecule has 4 nitrogen and oxygen atoms in total. The monoisotopic (exact) mass is 322 g/mol. The van der Waals surface area contributed by atoms with Crippen molar-refractivity contribution in [3.05, 3.63) is 59.8 Å². The lowest BCUT2D eigenvalue weighted by Crippen LogP contribution is -2.16. The van der Waals surface area contributed by atoms with Gasteiger partial charge in [-0.05, 0) is 49.3 Å². The fourth-order valence-electron chi connectivity index (χ4n) is 3.45. The van der Waals surface area contributed by atoms with Crippen LogP contribution in [0, 0.1) is 0 Å². The van der Waals surface area contributed by atoms with Crippen molar-refractivity contribution in [2.24, 2.45) is 0 Å². The molecule has 3 aromatic rings. The number of fused-ring (bicyclic) bond motifs is 2. The minimum atomic E-state index is 0.310. The number of aromatic nitrogens is 1. The van der Waals surface area contributed by atoms with Crippen molar-refractivity contribution in [2.75, 3.05) is 26.8 Å². The first-order valence-electron chi connectivity index (χ1n) is 8.47. The fourth-order valence-corrected chi connectivity index (χ4v) is 3.45. The first-order valence-corrected chi connectivity index (χ1v) is 8.47. The lowest BCUT2D eigenvalue weighted by atomic mass is 9.88. The number of hydrogen-bond donors (Lipinski definition) is 2. The van der Waals surface area contributed by atoms with E-state index >= 15 is 0 Å². The summed E-state index contributed by atoms with van der Waals surface area (Å²) in [4.78, 5) is 3.40. The van der Waals surface area contributed by atoms with Gasteiger partial charge in [-0.25, -0.2) is 0 Å². The van der Waals surface area contributed by atoms with Gasteiger partial charge in [-0.2, -0.15) is 0 Å². The second kappa shape index (κ2) is 6.57. The van der Waals surface area contributed by atoms with Gasteiger partial charge >= 0.3 is 0 Å². The number of hydrogen-bond acceptors (Lipinski definition) is 3. The third-order valence-corrected chi connectivity index (χ3v) is 4.65. The molecule has 0 saturated heterocycles. The summed E-state index contributed by atoms with van der Waals surface area (Å²) in [5, 5.41) is 4.56. The molecule has 4 heteroatoms. The van der Waals surface area contributed by atoms with E-state index in [0.29, 0.717) is 19.1 Å². The van der Waals surface area contributed by atoms with Crippen molar-refractivity contribution in [2.45, 2.75) is 12.3 Å². The van der Waals surface area contributed by atoms with E-state index in [4.69, 9.17) is 9.47 Å². The van der Waals surface area contributed by atoms with Gasteiger partial charge in [0.1, 0.15) is 13.2 Å². The van der Waals surface area contributed by atoms with E-state index in [1.807, 2.05) is 13.1 Å². The third-order valence-electron chi connectivity index (χ3n) is 4.65. The Morgan fingerprint density at radius 1 is 1.08 bits per heavy atom. The molecule has 0 spiro atoms. The van der Waals surface area contributed by atoms with E-state index in [-0.39, 0.29) is 0 Å². The maximum Gasteiger partial charge on any atom is 0.161 e. The van der Waals surface area contributed by atoms with Crippen molar-refractivity contribution in [1.29, 1.82) is 0 Å². The van der Waals surface area contributed by atoms with Gasteiger partial charge in [0.2, 0.25) is 0 Å². The molecule has 2 aromatic carbocycles. The van der Waals surface area contributed by atoms with Crippen molar-refractivity contribution in [3.63, 3.8) is 0 Å². The first-order chi connectivity index (χ1) is 11.9. The van der Waals surface area contributed by atoms with Crippen LogP contribution in [0.2, 0.25) is 0 Å². The number of rotatable bonds is 5. The van der Waals surface area contributed by atoms with Crippen molar-refractivity contribution >= 4 is 10.9 Å². The standard InChI is InChI=1S/C20H22N2O2/c1-21-9-8-15(17-13-22-18-5-3-2-4-16(17)18)14-6-7-19-20(12-14)24-11-10-23-19/h2-7,12-13,15,21-22H,8-11H2,1H3. The van der Waals surface area contributed by atoms with Crippen molar-refractivity contribution in [3.8, 4) is 11.5 Å². The summed E-state index contributed by atoms with van der Waals surface area (Å²) in [6, 6.07) is 14.8. The zero-order valence-corrected chi connectivity index (χ0v) is 13.8. The molecule has 1 aliphatic heterocycles. The molecule has 1 atom stereocenters. The summed E-state index contributed by atoms with van der Waals surface area (Å²) >= 11 is 0. The van der Waals surface area contributed by atoms with Crippen LogP contribution in [-0.4, -0.2) is 31.8 Å². The zero-order valence-electron chi connectivity index (χ0n) is 13.8. The van der Waals surface area contributed by atoms with Gasteiger partial charge in [-0.1, -0.05) is 24.3 Å². The maximum absolute atomic E-state index is 5.78. The molecular weight excluding hydrogens is 300 g/mol. The summed E-state index contributed by atoms with van der Waals surface area (Å²) in [7, 11) is 2.00. The zero-order chi connectivity index (χ0) is 16.4. The van der Waals surface area contributed by atoms with Crippen LogP contribution in [0.3, 0.4) is 0 Å². The number of H-pyrrole nitrogens is 1. The first kappa shape index (κ1) is 15.1. The van der Waals surface area contributed by atoms with Crippen LogP contribution in [0.25, 0.3) is 10.9 Å². The van der Waals surface area contributed by atoms with Gasteiger partial charge in [0, 0.05) is 23.0 Å². The molecule has 0 bridgehead atoms. The summed E-state index contributed by atoms with van der Waals surface area (Å²) in [5.41, 5.74) is 3.77. The SMILES string of the molecule is CNCCC(c1ccc2c(c1)OCCO2)c1c[nH]c2ccccc12. The number of para-hydroxylation sites is 1. The van der Waals surface area contributed by atoms with Crippen LogP contribution < -0.4 is 14.8 Å². The normalized spacial score (nSPS) is 14.7. The highest BCUT2D eigenvalue weighted by atomic mass is 16.6. The van der Waals surface area contributed by atoms with Gasteiger partial charge in [-0.15, -0.1) is 0 Å². The highest BCUT2D eigenvalue weighted by Gasteiger charge is 2.20. The highest BCUT2D eigenvalue weighted by Crippen LogP contribution is 2.38. The molecule has 2 N–H and O–H groups in total. The Bertz CT molecular complexity index is 841. The largest absolute Gasteiger partial charge is 0.486 e. The Balaban J connectivity index is 1.76. The Morgan fingerprint density at radius 2 is 1.92 bits per heavy atom. The van der Waals surface area contributed by atoms with E-state index in [2.05, 4.69) is 52.9 Å². The second-order valence-corrected chi connectivity index (χ2v) is 6.14. The predicted octanol–water partition coefficient (Wildman–Crippen LogP) is 3.68. The van der Waals surface area contributed by atoms with Crippen LogP contribution >= 0.6 is 0 Å². The molecular formula is C20H22N2O2. The quantitative estimate of drug-likeness (QED) is 0.753. The van der Waals surface area contributed by atoms with E-state index in [1.165, 1.54) is 22.0 Å². The lowest BCUT2D eigenvalue weighted by Gasteiger charge is -2.22. The predicted molar refractivity (Wildman–Crippen MR) is 96.1 cm³/mol. The topological polar surface area (TPSA) is 46.3 Å². The van der Waals surface area contributed by atoms with Gasteiger partial charge in [0.15, 0.2) is 11.5 Å². The Morgan fingerprint density at radius 3 is 2.79 bits per heavy atom. The molecule has 0 radical (unpaired) electrons. The van der Waals surface area contributed by atoms with E-state index in [9.17, 15) is 0 Å². The molecule has 1 aromatic heterocycles. The number of ether oxygens (including phenoxy) is 2. The van der Waals surface area contributed by atoms with Crippen LogP contribution in [-0.2, 0) is 0 Å². The van der Waals surface area contributed by atoms with E-state index in [0.717, 1.165) is 24.5 Å². The molecule has 24 heavy (non-hydrogen) atoms. The molecule has 0 fully saturated rings. The molecule has 2 heterocycles. The van der Waals surface area contributed by atoms with Crippen molar-refractivity contribution in [1.82, 2.24) is 10.3 Å². The smallest absolute Gasteiger partial charge is 0.161 e. The number of nitrogens with one attached hydrogen (secondary N) is 2. The Hall–Kier alpha value is -2.46. The van der Waals surface area contributed by atoms with Gasteiger partial charge in [0.05, 0.1) is 0 Å². The minimum absolute atomic E-state index is 0.310. The summed E-state index contributed by atoms with van der Waals surface area (Å²) in [6.45, 7) is 2.20. The van der Waals surface area contributed by atoms with Crippen molar-refractivity contribution < 1.29 is 9.47 Å². The van der Waals surface area contributed by atoms with Crippen LogP contribution in [0.15, 0.2) is 48.7 Å². The Labute approximate surface area is 141 Å². The number of aromatic amines is 1. The lowest BCUT2D eigenvalue weighted by molar-refractivity contribution is 0.171. The van der Waals surface area contributed by atoms with Crippen LogP contribution in [0.4, 0.5) is 0 Å². The maximum atomic E-state index is 5.78. The van der Waals surface area contributed by atoms with Crippen LogP contribution in [0.5, 0.6) is 11.5 Å². The average Bonchev–Trinajstić information content (AvgIpc) is 3.06. The van der Waals surface area contributed by atoms with Gasteiger partial charge in [0.25, 0.3) is 0 Å². The molecule has 4 rings (SSSR count). The Kier molecular flexibility index (Phi) is 4.13. The average molecular weight is 322 g/mol. The summed E-state index contributed by atoms with van der Waals surface area (Å²) in [5.74, 6) is 2.01. The molecule has 124 valence electrons. The van der Waals surface area contributed by atoms with E-state index < -0.39 is 0 Å². The van der Waals surface area contributed by atoms with Gasteiger partial charge in [-0.3, -0.25) is 0 Å². The minimum Gasteiger partial charge on any atom is -0.486 e. The second-order valence-electron chi connectivity index (χ2n) is 6.14. The molecule has 0 aliphatic carbocycles. The molecule has 0 saturated carbocycles. The molecule has 0 amide bonds. The van der Waals surface area contributed by atoms with Crippen LogP contribution in [0.1, 0.15) is 23.5 Å². The third kappa shape index (κ3) is 2.74. The van der Waals surface area contributed by atoms with E-state index in [1.54, 1.807) is 0 Å². The molecule has 1 aliphatic rings. The van der Waals surface area contributed by atoms with Gasteiger partial charge < -0.3 is 19.8 Å². The summed E-state index contributed by atoms with van der Waals surface area (Å²) in [6.07, 6.45) is 3.17. The highest BCUT2D eigenvalue weighted by molar-refractivity contribution is 5.84. The number of benzene rings is 2. The molecule has 1 unspecified atom stereocenters.